The van der Waals surface area contributed by atoms with Crippen LogP contribution in [0, 0.1) is 0 Å². The van der Waals surface area contributed by atoms with Crippen LogP contribution in [-0.2, 0) is 0 Å². The van der Waals surface area contributed by atoms with Crippen LogP contribution in [0.4, 0.5) is 28.7 Å². The van der Waals surface area contributed by atoms with Gasteiger partial charge in [-0.15, -0.1) is 0 Å². The van der Waals surface area contributed by atoms with Crippen molar-refractivity contribution in [2.24, 2.45) is 0 Å². The summed E-state index contributed by atoms with van der Waals surface area (Å²) in [7, 11) is 0. The van der Waals surface area contributed by atoms with E-state index in [1.165, 1.54) is 13.3 Å². The van der Waals surface area contributed by atoms with Crippen LogP contribution in [0.5, 0.6) is 0 Å². The summed E-state index contributed by atoms with van der Waals surface area (Å²) in [6.07, 6.45) is 1.43. The highest BCUT2D eigenvalue weighted by Gasteiger charge is 2.09. The van der Waals surface area contributed by atoms with Crippen molar-refractivity contribution >= 4 is 50.4 Å². The van der Waals surface area contributed by atoms with Gasteiger partial charge in [-0.25, -0.2) is 9.97 Å². The summed E-state index contributed by atoms with van der Waals surface area (Å²) in [5, 5.41) is 6.31. The molecule has 0 fully saturated rings. The molecule has 0 amide bonds. The number of aromatic nitrogens is 2. The molecule has 0 spiro atoms. The van der Waals surface area contributed by atoms with Crippen molar-refractivity contribution in [2.45, 2.75) is 6.92 Å². The number of anilines is 5. The molecular formula is C18H16BrN5O. The molecule has 0 radical (unpaired) electrons. The maximum atomic E-state index is 11.3. The molecule has 3 aromatic rings. The molecule has 0 aliphatic rings. The van der Waals surface area contributed by atoms with Gasteiger partial charge in [-0.1, -0.05) is 22.0 Å². The molecule has 0 bridgehead atoms. The zero-order valence-corrected chi connectivity index (χ0v) is 15.0. The number of hydrogen-bond donors (Lipinski definition) is 3. The van der Waals surface area contributed by atoms with Gasteiger partial charge in [-0.05, 0) is 49.4 Å². The van der Waals surface area contributed by atoms with Crippen LogP contribution in [0.25, 0.3) is 0 Å². The Kier molecular flexibility index (Phi) is 4.95. The molecule has 0 aliphatic heterocycles. The van der Waals surface area contributed by atoms with Crippen molar-refractivity contribution in [1.29, 1.82) is 0 Å². The van der Waals surface area contributed by atoms with Crippen molar-refractivity contribution in [3.8, 4) is 0 Å². The van der Waals surface area contributed by atoms with Gasteiger partial charge in [0.25, 0.3) is 0 Å². The third kappa shape index (κ3) is 4.13. The number of hydrogen-bond acceptors (Lipinski definition) is 6. The Morgan fingerprint density at radius 1 is 1.00 bits per heavy atom. The highest BCUT2D eigenvalue weighted by molar-refractivity contribution is 9.10. The lowest BCUT2D eigenvalue weighted by Crippen LogP contribution is -2.05. The maximum absolute atomic E-state index is 11.3. The number of nitrogens with two attached hydrogens (primary N) is 1. The number of carbonyl (C=O) groups is 1. The van der Waals surface area contributed by atoms with Crippen molar-refractivity contribution in [1.82, 2.24) is 9.97 Å². The fraction of sp³-hybridized carbons (Fsp3) is 0.0556. The zero-order valence-electron chi connectivity index (χ0n) is 13.5. The van der Waals surface area contributed by atoms with E-state index in [0.717, 1.165) is 15.8 Å². The summed E-state index contributed by atoms with van der Waals surface area (Å²) in [5.74, 6) is 1.02. The van der Waals surface area contributed by atoms with E-state index < -0.39 is 0 Å². The van der Waals surface area contributed by atoms with Crippen LogP contribution < -0.4 is 16.4 Å². The van der Waals surface area contributed by atoms with Crippen LogP contribution in [0.1, 0.15) is 17.3 Å². The average Bonchev–Trinajstić information content (AvgIpc) is 2.59. The molecule has 0 unspecified atom stereocenters. The first-order valence-electron chi connectivity index (χ1n) is 7.54. The molecule has 0 saturated heterocycles. The first kappa shape index (κ1) is 16.9. The van der Waals surface area contributed by atoms with Crippen molar-refractivity contribution in [3.05, 3.63) is 64.9 Å². The molecule has 7 heteroatoms. The molecule has 1 aromatic heterocycles. The zero-order chi connectivity index (χ0) is 17.8. The number of rotatable bonds is 5. The number of nitrogen functional groups attached to an aromatic ring is 1. The van der Waals surface area contributed by atoms with E-state index in [0.29, 0.717) is 22.9 Å². The summed E-state index contributed by atoms with van der Waals surface area (Å²) in [6, 6.07) is 14.8. The molecule has 25 heavy (non-hydrogen) atoms. The maximum Gasteiger partial charge on any atom is 0.159 e. The molecule has 6 nitrogen and oxygen atoms in total. The molecule has 126 valence electrons. The van der Waals surface area contributed by atoms with Crippen LogP contribution in [-0.4, -0.2) is 15.8 Å². The van der Waals surface area contributed by atoms with Crippen LogP contribution in [0.3, 0.4) is 0 Å². The van der Waals surface area contributed by atoms with Gasteiger partial charge in [0.2, 0.25) is 0 Å². The smallest absolute Gasteiger partial charge is 0.159 e. The Hall–Kier alpha value is -2.93. The van der Waals surface area contributed by atoms with Gasteiger partial charge in [0.15, 0.2) is 17.4 Å². The van der Waals surface area contributed by atoms with Gasteiger partial charge in [-0.2, -0.15) is 0 Å². The predicted molar refractivity (Wildman–Crippen MR) is 104 cm³/mol. The lowest BCUT2D eigenvalue weighted by molar-refractivity contribution is 0.101. The number of ketones is 1. The standard InChI is InChI=1S/C18H16BrN5O/c1-11(25)12-5-7-14(8-6-12)23-17-16(20)18(22-10-21-17)24-15-4-2-3-13(19)9-15/h2-10H,20H2,1H3,(H2,21,22,23,24). The lowest BCUT2D eigenvalue weighted by atomic mass is 10.1. The fourth-order valence-electron chi connectivity index (χ4n) is 2.22. The van der Waals surface area contributed by atoms with Crippen LogP contribution >= 0.6 is 15.9 Å². The molecule has 2 aromatic carbocycles. The van der Waals surface area contributed by atoms with E-state index >= 15 is 0 Å². The summed E-state index contributed by atoms with van der Waals surface area (Å²) in [6.45, 7) is 1.53. The minimum Gasteiger partial charge on any atom is -0.393 e. The molecule has 4 N–H and O–H groups in total. The molecule has 1 heterocycles. The first-order chi connectivity index (χ1) is 12.0. The Morgan fingerprint density at radius 2 is 1.64 bits per heavy atom. The summed E-state index contributed by atoms with van der Waals surface area (Å²) in [5.41, 5.74) is 8.87. The first-order valence-corrected chi connectivity index (χ1v) is 8.33. The number of benzene rings is 2. The second kappa shape index (κ2) is 7.31. The van der Waals surface area contributed by atoms with Crippen molar-refractivity contribution in [2.75, 3.05) is 16.4 Å². The van der Waals surface area contributed by atoms with Crippen molar-refractivity contribution < 1.29 is 4.79 Å². The van der Waals surface area contributed by atoms with Crippen molar-refractivity contribution in [3.63, 3.8) is 0 Å². The summed E-state index contributed by atoms with van der Waals surface area (Å²) >= 11 is 3.43. The SMILES string of the molecule is CC(=O)c1ccc(Nc2ncnc(Nc3cccc(Br)c3)c2N)cc1. The quantitative estimate of drug-likeness (QED) is 0.548. The third-order valence-corrected chi connectivity index (χ3v) is 4.02. The highest BCUT2D eigenvalue weighted by Crippen LogP contribution is 2.28. The van der Waals surface area contributed by atoms with E-state index in [1.54, 1.807) is 24.3 Å². The van der Waals surface area contributed by atoms with E-state index in [1.807, 2.05) is 24.3 Å². The molecule has 0 atom stereocenters. The van der Waals surface area contributed by atoms with Crippen LogP contribution in [0.15, 0.2) is 59.3 Å². The number of halogens is 1. The van der Waals surface area contributed by atoms with E-state index in [2.05, 4.69) is 36.5 Å². The van der Waals surface area contributed by atoms with Gasteiger partial charge in [0.05, 0.1) is 0 Å². The topological polar surface area (TPSA) is 92.9 Å². The van der Waals surface area contributed by atoms with Gasteiger partial charge in [-0.3, -0.25) is 4.79 Å². The van der Waals surface area contributed by atoms with E-state index in [4.69, 9.17) is 5.73 Å². The third-order valence-electron chi connectivity index (χ3n) is 3.53. The average molecular weight is 398 g/mol. The van der Waals surface area contributed by atoms with E-state index in [9.17, 15) is 4.79 Å². The largest absolute Gasteiger partial charge is 0.393 e. The highest BCUT2D eigenvalue weighted by atomic mass is 79.9. The predicted octanol–water partition coefficient (Wildman–Crippen LogP) is 4.51. The van der Waals surface area contributed by atoms with Gasteiger partial charge < -0.3 is 16.4 Å². The molecule has 0 saturated carbocycles. The van der Waals surface area contributed by atoms with Gasteiger partial charge in [0, 0.05) is 21.4 Å². The van der Waals surface area contributed by atoms with Gasteiger partial charge in [0.1, 0.15) is 12.0 Å². The number of nitrogens with one attached hydrogen (secondary N) is 2. The van der Waals surface area contributed by atoms with E-state index in [-0.39, 0.29) is 5.78 Å². The minimum absolute atomic E-state index is 0.0219. The lowest BCUT2D eigenvalue weighted by Gasteiger charge is -2.13. The fourth-order valence-corrected chi connectivity index (χ4v) is 2.62. The monoisotopic (exact) mass is 397 g/mol. The minimum atomic E-state index is 0.0219. The number of Topliss-reactive ketones (excluding diaryl/α,β-unsaturated/α-hetero) is 1. The second-order valence-electron chi connectivity index (χ2n) is 5.38. The Bertz CT molecular complexity index is 912. The van der Waals surface area contributed by atoms with Gasteiger partial charge >= 0.3 is 0 Å². The Labute approximate surface area is 153 Å². The normalized spacial score (nSPS) is 10.3. The molecule has 0 aliphatic carbocycles. The summed E-state index contributed by atoms with van der Waals surface area (Å²) in [4.78, 5) is 19.7. The molecular weight excluding hydrogens is 382 g/mol. The Morgan fingerprint density at radius 3 is 2.24 bits per heavy atom. The second-order valence-corrected chi connectivity index (χ2v) is 6.29. The number of carbonyl (C=O) groups excluding carboxylic acids is 1. The summed E-state index contributed by atoms with van der Waals surface area (Å²) < 4.78 is 0.953. The molecule has 3 rings (SSSR count). The Balaban J connectivity index is 1.82. The number of nitrogens with zero attached hydrogens (tertiary/aromatic N) is 2. The van der Waals surface area contributed by atoms with Crippen LogP contribution in [0.2, 0.25) is 0 Å².